The minimum Gasteiger partial charge on any atom is -0.484 e. The number of ether oxygens (including phenoxy) is 2. The van der Waals surface area contributed by atoms with Crippen molar-refractivity contribution in [2.45, 2.75) is 18.9 Å². The van der Waals surface area contributed by atoms with Gasteiger partial charge in [0.1, 0.15) is 18.2 Å². The summed E-state index contributed by atoms with van der Waals surface area (Å²) < 4.78 is 11.6. The molecule has 0 N–H and O–H groups in total. The number of aromatic nitrogens is 2. The van der Waals surface area contributed by atoms with Crippen LogP contribution in [-0.4, -0.2) is 46.6 Å². The molecule has 3 aromatic rings. The highest BCUT2D eigenvalue weighted by Crippen LogP contribution is 2.22. The third kappa shape index (κ3) is 5.10. The van der Waals surface area contributed by atoms with Crippen molar-refractivity contribution >= 4 is 5.91 Å². The molecule has 0 aliphatic carbocycles. The molecule has 0 bridgehead atoms. The zero-order valence-electron chi connectivity index (χ0n) is 16.1. The number of amides is 1. The van der Waals surface area contributed by atoms with Crippen LogP contribution in [0.2, 0.25) is 0 Å². The normalized spacial score (nSPS) is 16.3. The van der Waals surface area contributed by atoms with Gasteiger partial charge in [0.25, 0.3) is 5.91 Å². The van der Waals surface area contributed by atoms with Crippen LogP contribution in [0.4, 0.5) is 0 Å². The van der Waals surface area contributed by atoms with Crippen LogP contribution in [0.1, 0.15) is 12.8 Å². The van der Waals surface area contributed by atoms with Crippen molar-refractivity contribution in [1.29, 1.82) is 0 Å². The summed E-state index contributed by atoms with van der Waals surface area (Å²) in [6, 6.07) is 19.7. The molecule has 1 amide bonds. The fraction of sp³-hybridized carbons (Fsp3) is 0.261. The third-order valence-corrected chi connectivity index (χ3v) is 4.90. The van der Waals surface area contributed by atoms with E-state index in [0.29, 0.717) is 18.2 Å². The van der Waals surface area contributed by atoms with Gasteiger partial charge in [0.15, 0.2) is 6.61 Å². The maximum Gasteiger partial charge on any atom is 0.260 e. The number of piperidine rings is 1. The quantitative estimate of drug-likeness (QED) is 0.645. The van der Waals surface area contributed by atoms with E-state index in [9.17, 15) is 4.79 Å². The molecule has 6 nitrogen and oxygen atoms in total. The average Bonchev–Trinajstić information content (AvgIpc) is 2.79. The van der Waals surface area contributed by atoms with E-state index >= 15 is 0 Å². The first-order valence-electron chi connectivity index (χ1n) is 9.77. The summed E-state index contributed by atoms with van der Waals surface area (Å²) in [6.07, 6.45) is 4.83. The topological polar surface area (TPSA) is 64.5 Å². The van der Waals surface area contributed by atoms with E-state index in [1.807, 2.05) is 42.5 Å². The Labute approximate surface area is 170 Å². The van der Waals surface area contributed by atoms with E-state index in [4.69, 9.17) is 9.47 Å². The summed E-state index contributed by atoms with van der Waals surface area (Å²) in [4.78, 5) is 22.3. The molecule has 1 aliphatic rings. The Morgan fingerprint density at radius 3 is 2.59 bits per heavy atom. The fourth-order valence-electron chi connectivity index (χ4n) is 3.39. The van der Waals surface area contributed by atoms with Gasteiger partial charge in [-0.1, -0.05) is 42.5 Å². The summed E-state index contributed by atoms with van der Waals surface area (Å²) in [6.45, 7) is 1.28. The van der Waals surface area contributed by atoms with Gasteiger partial charge in [-0.25, -0.2) is 9.97 Å². The van der Waals surface area contributed by atoms with Gasteiger partial charge < -0.3 is 14.4 Å². The molecule has 1 aliphatic heterocycles. The highest BCUT2D eigenvalue weighted by atomic mass is 16.5. The van der Waals surface area contributed by atoms with Gasteiger partial charge in [0.2, 0.25) is 5.88 Å². The van der Waals surface area contributed by atoms with Crippen LogP contribution in [0.15, 0.2) is 73.2 Å². The van der Waals surface area contributed by atoms with E-state index < -0.39 is 0 Å². The molecule has 148 valence electrons. The van der Waals surface area contributed by atoms with Gasteiger partial charge in [-0.3, -0.25) is 4.79 Å². The van der Waals surface area contributed by atoms with Crippen LogP contribution in [0.3, 0.4) is 0 Å². The number of hydrogen-bond acceptors (Lipinski definition) is 5. The summed E-state index contributed by atoms with van der Waals surface area (Å²) in [5.74, 6) is 1.19. The lowest BCUT2D eigenvalue weighted by Crippen LogP contribution is -2.46. The van der Waals surface area contributed by atoms with Gasteiger partial charge in [-0.2, -0.15) is 0 Å². The van der Waals surface area contributed by atoms with Crippen LogP contribution >= 0.6 is 0 Å². The van der Waals surface area contributed by atoms with Crippen LogP contribution in [-0.2, 0) is 4.79 Å². The monoisotopic (exact) mass is 389 g/mol. The van der Waals surface area contributed by atoms with Crippen molar-refractivity contribution in [3.8, 4) is 22.8 Å². The molecule has 0 saturated carbocycles. The SMILES string of the molecule is O=C(COc1ccc(-c2ccccc2)cc1)N1CCCC(Oc2ccncn2)C1. The molecule has 0 spiro atoms. The molecule has 6 heteroatoms. The van der Waals surface area contributed by atoms with Crippen LogP contribution in [0.5, 0.6) is 11.6 Å². The molecule has 0 radical (unpaired) electrons. The third-order valence-electron chi connectivity index (χ3n) is 4.90. The minimum atomic E-state index is -0.0623. The van der Waals surface area contributed by atoms with Gasteiger partial charge in [-0.05, 0) is 36.1 Å². The Balaban J connectivity index is 1.29. The maximum absolute atomic E-state index is 12.6. The lowest BCUT2D eigenvalue weighted by molar-refractivity contribution is -0.136. The number of hydrogen-bond donors (Lipinski definition) is 0. The lowest BCUT2D eigenvalue weighted by atomic mass is 10.1. The number of benzene rings is 2. The summed E-state index contributed by atoms with van der Waals surface area (Å²) >= 11 is 0. The molecule has 2 aromatic carbocycles. The van der Waals surface area contributed by atoms with Gasteiger partial charge in [0.05, 0.1) is 6.54 Å². The van der Waals surface area contributed by atoms with Gasteiger partial charge in [-0.15, -0.1) is 0 Å². The Hall–Kier alpha value is -3.41. The van der Waals surface area contributed by atoms with Crippen LogP contribution in [0.25, 0.3) is 11.1 Å². The van der Waals surface area contributed by atoms with Crippen molar-refractivity contribution in [3.63, 3.8) is 0 Å². The first-order valence-corrected chi connectivity index (χ1v) is 9.77. The molecule has 1 unspecified atom stereocenters. The standard InChI is InChI=1S/C23H23N3O3/c27-23(26-14-4-7-21(15-26)29-22-12-13-24-17-25-22)16-28-20-10-8-19(9-11-20)18-5-2-1-3-6-18/h1-3,5-6,8-13,17,21H,4,7,14-16H2. The average molecular weight is 389 g/mol. The molecule has 29 heavy (non-hydrogen) atoms. The highest BCUT2D eigenvalue weighted by Gasteiger charge is 2.25. The second-order valence-corrected chi connectivity index (χ2v) is 6.95. The zero-order valence-corrected chi connectivity index (χ0v) is 16.1. The van der Waals surface area contributed by atoms with Crippen molar-refractivity contribution < 1.29 is 14.3 Å². The van der Waals surface area contributed by atoms with Crippen molar-refractivity contribution in [1.82, 2.24) is 14.9 Å². The summed E-state index contributed by atoms with van der Waals surface area (Å²) in [5.41, 5.74) is 2.27. The predicted octanol–water partition coefficient (Wildman–Crippen LogP) is 3.59. The van der Waals surface area contributed by atoms with E-state index in [-0.39, 0.29) is 18.6 Å². The largest absolute Gasteiger partial charge is 0.484 e. The Morgan fingerprint density at radius 2 is 1.83 bits per heavy atom. The van der Waals surface area contributed by atoms with Crippen molar-refractivity contribution in [2.24, 2.45) is 0 Å². The number of rotatable bonds is 6. The van der Waals surface area contributed by atoms with Crippen molar-refractivity contribution in [3.05, 3.63) is 73.2 Å². The predicted molar refractivity (Wildman–Crippen MR) is 110 cm³/mol. The molecule has 1 aromatic heterocycles. The molecule has 1 atom stereocenters. The first-order chi connectivity index (χ1) is 14.3. The second-order valence-electron chi connectivity index (χ2n) is 6.95. The van der Waals surface area contributed by atoms with Gasteiger partial charge >= 0.3 is 0 Å². The van der Waals surface area contributed by atoms with E-state index in [2.05, 4.69) is 22.1 Å². The van der Waals surface area contributed by atoms with E-state index in [1.54, 1.807) is 17.2 Å². The lowest BCUT2D eigenvalue weighted by Gasteiger charge is -2.32. The maximum atomic E-state index is 12.6. The minimum absolute atomic E-state index is 0.0188. The van der Waals surface area contributed by atoms with Gasteiger partial charge in [0, 0.05) is 18.8 Å². The smallest absolute Gasteiger partial charge is 0.260 e. The summed E-state index contributed by atoms with van der Waals surface area (Å²) in [7, 11) is 0. The van der Waals surface area contributed by atoms with Crippen LogP contribution in [0, 0.1) is 0 Å². The Morgan fingerprint density at radius 1 is 1.03 bits per heavy atom. The van der Waals surface area contributed by atoms with E-state index in [1.165, 1.54) is 6.33 Å². The zero-order chi connectivity index (χ0) is 19.9. The first kappa shape index (κ1) is 18.9. The fourth-order valence-corrected chi connectivity index (χ4v) is 3.39. The molecule has 4 rings (SSSR count). The molecule has 1 saturated heterocycles. The van der Waals surface area contributed by atoms with Crippen LogP contribution < -0.4 is 9.47 Å². The molecular weight excluding hydrogens is 366 g/mol. The Kier molecular flexibility index (Phi) is 6.00. The Bertz CT molecular complexity index is 917. The molecular formula is C23H23N3O3. The number of likely N-dealkylation sites (tertiary alicyclic amines) is 1. The highest BCUT2D eigenvalue weighted by molar-refractivity contribution is 5.78. The number of carbonyl (C=O) groups is 1. The molecule has 1 fully saturated rings. The molecule has 2 heterocycles. The summed E-state index contributed by atoms with van der Waals surface area (Å²) in [5, 5.41) is 0. The number of nitrogens with zero attached hydrogens (tertiary/aromatic N) is 3. The number of carbonyl (C=O) groups excluding carboxylic acids is 1. The second kappa shape index (κ2) is 9.19. The van der Waals surface area contributed by atoms with Crippen molar-refractivity contribution in [2.75, 3.05) is 19.7 Å². The van der Waals surface area contributed by atoms with E-state index in [0.717, 1.165) is 30.5 Å².